The van der Waals surface area contributed by atoms with Gasteiger partial charge in [-0.05, 0) is 30.5 Å². The average Bonchev–Trinajstić information content (AvgIpc) is 2.96. The zero-order chi connectivity index (χ0) is 16.5. The standard InChI is InChI=1S/C20H30O3/c1-3-4-5-6-7-8-9-10-13-22-20(21)19-15-17-12-11-16(2)14-18(17)23-19/h11-12,14,19H,3-10,13,15H2,1-2H3. The van der Waals surface area contributed by atoms with Gasteiger partial charge in [0.2, 0.25) is 0 Å². The normalized spacial score (nSPS) is 16.0. The number of benzene rings is 1. The van der Waals surface area contributed by atoms with E-state index in [1.165, 1.54) is 38.5 Å². The van der Waals surface area contributed by atoms with Crippen molar-refractivity contribution in [3.8, 4) is 5.75 Å². The van der Waals surface area contributed by atoms with Gasteiger partial charge in [-0.25, -0.2) is 4.79 Å². The molecule has 0 saturated heterocycles. The molecule has 3 nitrogen and oxygen atoms in total. The van der Waals surface area contributed by atoms with Gasteiger partial charge in [0.25, 0.3) is 0 Å². The van der Waals surface area contributed by atoms with Crippen LogP contribution in [0.25, 0.3) is 0 Å². The molecule has 1 aliphatic heterocycles. The molecule has 2 rings (SSSR count). The van der Waals surface area contributed by atoms with Gasteiger partial charge in [0, 0.05) is 6.42 Å². The van der Waals surface area contributed by atoms with Crippen molar-refractivity contribution >= 4 is 5.97 Å². The van der Waals surface area contributed by atoms with Crippen LogP contribution in [-0.2, 0) is 16.0 Å². The molecule has 1 aromatic rings. The van der Waals surface area contributed by atoms with Gasteiger partial charge in [-0.3, -0.25) is 0 Å². The summed E-state index contributed by atoms with van der Waals surface area (Å²) in [5.74, 6) is 0.612. The van der Waals surface area contributed by atoms with E-state index in [1.807, 2.05) is 19.1 Å². The second-order valence-electron chi connectivity index (χ2n) is 6.56. The molecule has 0 amide bonds. The van der Waals surface area contributed by atoms with Crippen LogP contribution in [0.4, 0.5) is 0 Å². The van der Waals surface area contributed by atoms with Gasteiger partial charge in [0.05, 0.1) is 6.61 Å². The maximum atomic E-state index is 12.1. The van der Waals surface area contributed by atoms with Gasteiger partial charge in [-0.15, -0.1) is 0 Å². The third kappa shape index (κ3) is 5.89. The lowest BCUT2D eigenvalue weighted by molar-refractivity contribution is -0.151. The quantitative estimate of drug-likeness (QED) is 0.451. The van der Waals surface area contributed by atoms with Crippen LogP contribution < -0.4 is 4.74 Å². The van der Waals surface area contributed by atoms with E-state index in [9.17, 15) is 4.79 Å². The average molecular weight is 318 g/mol. The highest BCUT2D eigenvalue weighted by molar-refractivity contribution is 5.76. The summed E-state index contributed by atoms with van der Waals surface area (Å²) in [5.41, 5.74) is 2.25. The van der Waals surface area contributed by atoms with Crippen molar-refractivity contribution in [1.82, 2.24) is 0 Å². The van der Waals surface area contributed by atoms with Crippen molar-refractivity contribution < 1.29 is 14.3 Å². The fourth-order valence-electron chi connectivity index (χ4n) is 2.97. The number of rotatable bonds is 10. The van der Waals surface area contributed by atoms with Gasteiger partial charge >= 0.3 is 5.97 Å². The number of carbonyl (C=O) groups is 1. The second kappa shape index (κ2) is 9.59. The highest BCUT2D eigenvalue weighted by atomic mass is 16.6. The summed E-state index contributed by atoms with van der Waals surface area (Å²) in [6.45, 7) is 4.78. The predicted molar refractivity (Wildman–Crippen MR) is 92.9 cm³/mol. The Bertz CT molecular complexity index is 496. The molecule has 1 atom stereocenters. The lowest BCUT2D eigenvalue weighted by Crippen LogP contribution is -2.27. The third-order valence-electron chi connectivity index (χ3n) is 4.40. The Hall–Kier alpha value is -1.51. The van der Waals surface area contributed by atoms with Crippen LogP contribution in [0.2, 0.25) is 0 Å². The summed E-state index contributed by atoms with van der Waals surface area (Å²) in [6.07, 6.45) is 10.1. The molecule has 23 heavy (non-hydrogen) atoms. The third-order valence-corrected chi connectivity index (χ3v) is 4.40. The van der Waals surface area contributed by atoms with Crippen molar-refractivity contribution in [1.29, 1.82) is 0 Å². The van der Waals surface area contributed by atoms with Crippen LogP contribution in [0.5, 0.6) is 5.75 Å². The van der Waals surface area contributed by atoms with Crippen LogP contribution >= 0.6 is 0 Å². The Kier molecular flexibility index (Phi) is 7.44. The number of fused-ring (bicyclic) bond motifs is 1. The molecule has 128 valence electrons. The van der Waals surface area contributed by atoms with Crippen molar-refractivity contribution in [3.63, 3.8) is 0 Å². The predicted octanol–water partition coefficient (Wildman–Crippen LogP) is 4.98. The number of unbranched alkanes of at least 4 members (excludes halogenated alkanes) is 7. The van der Waals surface area contributed by atoms with Crippen LogP contribution in [-0.4, -0.2) is 18.7 Å². The summed E-state index contributed by atoms with van der Waals surface area (Å²) in [5, 5.41) is 0. The van der Waals surface area contributed by atoms with E-state index in [4.69, 9.17) is 9.47 Å². The van der Waals surface area contributed by atoms with E-state index in [0.717, 1.165) is 29.7 Å². The first-order valence-corrected chi connectivity index (χ1v) is 9.13. The Morgan fingerprint density at radius 1 is 1.13 bits per heavy atom. The Labute approximate surface area is 140 Å². The molecule has 1 heterocycles. The van der Waals surface area contributed by atoms with Crippen molar-refractivity contribution in [2.75, 3.05) is 6.61 Å². The van der Waals surface area contributed by atoms with Gasteiger partial charge < -0.3 is 9.47 Å². The minimum atomic E-state index is -0.458. The Balaban J connectivity index is 1.55. The van der Waals surface area contributed by atoms with E-state index in [2.05, 4.69) is 13.0 Å². The van der Waals surface area contributed by atoms with Gasteiger partial charge in [0.15, 0.2) is 6.10 Å². The molecule has 1 aromatic carbocycles. The van der Waals surface area contributed by atoms with Crippen LogP contribution in [0.1, 0.15) is 69.4 Å². The van der Waals surface area contributed by atoms with Gasteiger partial charge in [0.1, 0.15) is 5.75 Å². The lowest BCUT2D eigenvalue weighted by Gasteiger charge is -2.10. The summed E-state index contributed by atoms with van der Waals surface area (Å²) >= 11 is 0. The highest BCUT2D eigenvalue weighted by Crippen LogP contribution is 2.30. The van der Waals surface area contributed by atoms with Crippen LogP contribution in [0.15, 0.2) is 18.2 Å². The van der Waals surface area contributed by atoms with E-state index < -0.39 is 6.10 Å². The lowest BCUT2D eigenvalue weighted by atomic mass is 10.1. The highest BCUT2D eigenvalue weighted by Gasteiger charge is 2.30. The zero-order valence-electron chi connectivity index (χ0n) is 14.6. The van der Waals surface area contributed by atoms with Gasteiger partial charge in [-0.1, -0.05) is 64.0 Å². The number of aryl methyl sites for hydroxylation is 1. The largest absolute Gasteiger partial charge is 0.478 e. The number of esters is 1. The van der Waals surface area contributed by atoms with Gasteiger partial charge in [-0.2, -0.15) is 0 Å². The van der Waals surface area contributed by atoms with E-state index in [-0.39, 0.29) is 5.97 Å². The monoisotopic (exact) mass is 318 g/mol. The molecule has 0 bridgehead atoms. The number of hydrogen-bond acceptors (Lipinski definition) is 3. The first kappa shape index (κ1) is 17.8. The molecular weight excluding hydrogens is 288 g/mol. The topological polar surface area (TPSA) is 35.5 Å². The molecule has 0 aromatic heterocycles. The molecule has 0 aliphatic carbocycles. The minimum Gasteiger partial charge on any atom is -0.478 e. The van der Waals surface area contributed by atoms with Crippen LogP contribution in [0, 0.1) is 6.92 Å². The van der Waals surface area contributed by atoms with E-state index in [0.29, 0.717) is 13.0 Å². The van der Waals surface area contributed by atoms with E-state index >= 15 is 0 Å². The molecular formula is C20H30O3. The molecule has 0 spiro atoms. The molecule has 0 saturated carbocycles. The number of hydrogen-bond donors (Lipinski definition) is 0. The molecule has 0 N–H and O–H groups in total. The smallest absolute Gasteiger partial charge is 0.347 e. The molecule has 0 radical (unpaired) electrons. The first-order chi connectivity index (χ1) is 11.2. The summed E-state index contributed by atoms with van der Waals surface area (Å²) in [6, 6.07) is 6.08. The Morgan fingerprint density at radius 3 is 2.57 bits per heavy atom. The maximum Gasteiger partial charge on any atom is 0.347 e. The van der Waals surface area contributed by atoms with E-state index in [1.54, 1.807) is 0 Å². The maximum absolute atomic E-state index is 12.1. The fraction of sp³-hybridized carbons (Fsp3) is 0.650. The number of carbonyl (C=O) groups excluding carboxylic acids is 1. The summed E-state index contributed by atoms with van der Waals surface area (Å²) in [4.78, 5) is 12.1. The first-order valence-electron chi connectivity index (χ1n) is 9.13. The SMILES string of the molecule is CCCCCCCCCCOC(=O)C1Cc2ccc(C)cc2O1. The second-order valence-corrected chi connectivity index (χ2v) is 6.56. The van der Waals surface area contributed by atoms with Crippen molar-refractivity contribution in [2.24, 2.45) is 0 Å². The molecule has 1 unspecified atom stereocenters. The van der Waals surface area contributed by atoms with Crippen LogP contribution in [0.3, 0.4) is 0 Å². The molecule has 0 fully saturated rings. The number of ether oxygens (including phenoxy) is 2. The van der Waals surface area contributed by atoms with Crippen molar-refractivity contribution in [3.05, 3.63) is 29.3 Å². The molecule has 3 heteroatoms. The zero-order valence-corrected chi connectivity index (χ0v) is 14.6. The molecule has 1 aliphatic rings. The fourth-order valence-corrected chi connectivity index (χ4v) is 2.97. The summed E-state index contributed by atoms with van der Waals surface area (Å²) in [7, 11) is 0. The van der Waals surface area contributed by atoms with Crippen molar-refractivity contribution in [2.45, 2.75) is 77.7 Å². The minimum absolute atomic E-state index is 0.221. The summed E-state index contributed by atoms with van der Waals surface area (Å²) < 4.78 is 11.1. The Morgan fingerprint density at radius 2 is 1.83 bits per heavy atom.